The number of piperazine rings is 1. The quantitative estimate of drug-likeness (QED) is 0.912. The van der Waals surface area contributed by atoms with E-state index in [0.29, 0.717) is 26.2 Å². The Labute approximate surface area is 128 Å². The lowest BCUT2D eigenvalue weighted by Gasteiger charge is -2.34. The number of hydrogen-bond acceptors (Lipinski definition) is 7. The molecule has 3 rings (SSSR count). The predicted octanol–water partition coefficient (Wildman–Crippen LogP) is 1.19. The third kappa shape index (κ3) is 3.06. The van der Waals surface area contributed by atoms with Crippen molar-refractivity contribution in [2.24, 2.45) is 0 Å². The molecule has 1 saturated heterocycles. The first-order chi connectivity index (χ1) is 10.5. The number of nitrogens with zero attached hydrogens (tertiary/aromatic N) is 5. The van der Waals surface area contributed by atoms with Gasteiger partial charge in [-0.05, 0) is 6.92 Å². The van der Waals surface area contributed by atoms with Crippen LogP contribution >= 0.6 is 11.5 Å². The molecule has 0 atom stereocenters. The summed E-state index contributed by atoms with van der Waals surface area (Å²) in [6, 6.07) is 0.828. The van der Waals surface area contributed by atoms with E-state index in [4.69, 9.17) is 0 Å². The second-order valence-electron chi connectivity index (χ2n) is 4.89. The molecule has 0 bridgehead atoms. The van der Waals surface area contributed by atoms with Crippen molar-refractivity contribution in [2.75, 3.05) is 36.0 Å². The van der Waals surface area contributed by atoms with Crippen LogP contribution in [-0.2, 0) is 0 Å². The monoisotopic (exact) mass is 328 g/mol. The summed E-state index contributed by atoms with van der Waals surface area (Å²) in [6.07, 6.45) is -2.76. The van der Waals surface area contributed by atoms with Gasteiger partial charge in [-0.1, -0.05) is 0 Å². The maximum atomic E-state index is 12.7. The molecule has 1 aliphatic heterocycles. The molecule has 0 spiro atoms. The number of nitrogens with one attached hydrogen (secondary N) is 1. The molecule has 0 radical (unpaired) electrons. The van der Waals surface area contributed by atoms with Gasteiger partial charge in [0.15, 0.2) is 0 Å². The van der Waals surface area contributed by atoms with Crippen LogP contribution in [0.5, 0.6) is 0 Å². The van der Waals surface area contributed by atoms with Crippen molar-refractivity contribution < 1.29 is 8.78 Å². The predicted molar refractivity (Wildman–Crippen MR) is 78.9 cm³/mol. The van der Waals surface area contributed by atoms with Crippen LogP contribution in [0.1, 0.15) is 17.9 Å². The Morgan fingerprint density at radius 1 is 1.23 bits per heavy atom. The molecule has 1 fully saturated rings. The molecule has 10 heteroatoms. The van der Waals surface area contributed by atoms with Crippen molar-refractivity contribution in [3.63, 3.8) is 0 Å². The maximum Gasteiger partial charge on any atom is 0.280 e. The van der Waals surface area contributed by atoms with Crippen LogP contribution < -0.4 is 15.4 Å². The van der Waals surface area contributed by atoms with Gasteiger partial charge in [-0.25, -0.2) is 18.7 Å². The first-order valence-electron chi connectivity index (χ1n) is 6.72. The Morgan fingerprint density at radius 3 is 2.50 bits per heavy atom. The third-order valence-electron chi connectivity index (χ3n) is 3.34. The summed E-state index contributed by atoms with van der Waals surface area (Å²) < 4.78 is 29.6. The van der Waals surface area contributed by atoms with E-state index < -0.39 is 17.7 Å². The van der Waals surface area contributed by atoms with Gasteiger partial charge >= 0.3 is 0 Å². The van der Waals surface area contributed by atoms with Crippen molar-refractivity contribution in [1.29, 1.82) is 0 Å². The van der Waals surface area contributed by atoms with Gasteiger partial charge in [0.1, 0.15) is 11.5 Å². The zero-order valence-electron chi connectivity index (χ0n) is 11.8. The van der Waals surface area contributed by atoms with Crippen molar-refractivity contribution in [3.8, 4) is 0 Å². The van der Waals surface area contributed by atoms with Gasteiger partial charge < -0.3 is 9.80 Å². The van der Waals surface area contributed by atoms with E-state index in [1.165, 1.54) is 11.5 Å². The minimum atomic E-state index is -2.76. The molecule has 0 aliphatic carbocycles. The average Bonchev–Trinajstić information content (AvgIpc) is 2.93. The summed E-state index contributed by atoms with van der Waals surface area (Å²) in [5.74, 6) is 0.925. The molecule has 1 N–H and O–H groups in total. The molecule has 7 nitrogen and oxygen atoms in total. The molecule has 0 unspecified atom stereocenters. The van der Waals surface area contributed by atoms with Gasteiger partial charge in [0.25, 0.3) is 12.0 Å². The molecule has 22 heavy (non-hydrogen) atoms. The van der Waals surface area contributed by atoms with E-state index in [2.05, 4.69) is 24.2 Å². The number of hydrogen-bond donors (Lipinski definition) is 1. The zero-order valence-corrected chi connectivity index (χ0v) is 12.6. The highest BCUT2D eigenvalue weighted by atomic mass is 32.1. The van der Waals surface area contributed by atoms with Crippen LogP contribution in [0.2, 0.25) is 0 Å². The normalized spacial score (nSPS) is 15.6. The molecule has 118 valence electrons. The second-order valence-corrected chi connectivity index (χ2v) is 5.62. The first kappa shape index (κ1) is 14.8. The van der Waals surface area contributed by atoms with E-state index in [-0.39, 0.29) is 5.95 Å². The highest BCUT2D eigenvalue weighted by Crippen LogP contribution is 2.21. The molecule has 0 aromatic carbocycles. The SMILES string of the molecule is Cc1nsc(N2CCN(c3nc(C(F)F)cc(=O)[nH]3)CC2)n1. The minimum Gasteiger partial charge on any atom is -0.343 e. The highest BCUT2D eigenvalue weighted by Gasteiger charge is 2.22. The summed E-state index contributed by atoms with van der Waals surface area (Å²) in [6.45, 7) is 4.29. The molecule has 2 aromatic rings. The van der Waals surface area contributed by atoms with Crippen molar-refractivity contribution in [2.45, 2.75) is 13.3 Å². The summed E-state index contributed by atoms with van der Waals surface area (Å²) in [7, 11) is 0. The second kappa shape index (κ2) is 5.95. The van der Waals surface area contributed by atoms with E-state index in [1.807, 2.05) is 6.92 Å². The molecule has 1 aliphatic rings. The van der Waals surface area contributed by atoms with Crippen LogP contribution in [0.25, 0.3) is 0 Å². The van der Waals surface area contributed by atoms with Gasteiger partial charge in [0, 0.05) is 43.8 Å². The van der Waals surface area contributed by atoms with E-state index >= 15 is 0 Å². The third-order valence-corrected chi connectivity index (χ3v) is 4.21. The fraction of sp³-hybridized carbons (Fsp3) is 0.500. The number of halogens is 2. The standard InChI is InChI=1S/C12H14F2N6OS/c1-7-15-12(22-18-7)20-4-2-19(3-5-20)11-16-8(10(13)14)6-9(21)17-11/h6,10H,2-5H2,1H3,(H,16,17,21). The topological polar surface area (TPSA) is 78.0 Å². The summed E-state index contributed by atoms with van der Waals surface area (Å²) in [5, 5.41) is 0.847. The van der Waals surface area contributed by atoms with Crippen molar-refractivity contribution >= 4 is 22.6 Å². The molecule has 0 saturated carbocycles. The lowest BCUT2D eigenvalue weighted by atomic mass is 10.3. The Bertz CT molecular complexity index is 710. The fourth-order valence-corrected chi connectivity index (χ4v) is 2.97. The molecular formula is C12H14F2N6OS. The van der Waals surface area contributed by atoms with Crippen LogP contribution in [0.4, 0.5) is 19.9 Å². The van der Waals surface area contributed by atoms with Crippen molar-refractivity contribution in [1.82, 2.24) is 19.3 Å². The lowest BCUT2D eigenvalue weighted by Crippen LogP contribution is -2.47. The number of anilines is 2. The average molecular weight is 328 g/mol. The van der Waals surface area contributed by atoms with E-state index in [1.54, 1.807) is 4.90 Å². The summed E-state index contributed by atoms with van der Waals surface area (Å²) in [4.78, 5) is 26.0. The Balaban J connectivity index is 1.72. The lowest BCUT2D eigenvalue weighted by molar-refractivity contribution is 0.146. The number of alkyl halides is 2. The maximum absolute atomic E-state index is 12.7. The molecule has 2 aromatic heterocycles. The summed E-state index contributed by atoms with van der Waals surface area (Å²) in [5.41, 5.74) is -1.07. The first-order valence-corrected chi connectivity index (χ1v) is 7.50. The molecular weight excluding hydrogens is 314 g/mol. The van der Waals surface area contributed by atoms with Crippen LogP contribution in [0.3, 0.4) is 0 Å². The number of rotatable bonds is 3. The van der Waals surface area contributed by atoms with Crippen LogP contribution in [-0.4, -0.2) is 45.5 Å². The fourth-order valence-electron chi connectivity index (χ4n) is 2.25. The molecule has 3 heterocycles. The van der Waals surface area contributed by atoms with Crippen molar-refractivity contribution in [3.05, 3.63) is 27.9 Å². The van der Waals surface area contributed by atoms with Crippen LogP contribution in [0.15, 0.2) is 10.9 Å². The smallest absolute Gasteiger partial charge is 0.280 e. The largest absolute Gasteiger partial charge is 0.343 e. The number of H-pyrrole nitrogens is 1. The number of aryl methyl sites for hydroxylation is 1. The zero-order chi connectivity index (χ0) is 15.7. The van der Waals surface area contributed by atoms with Gasteiger partial charge in [0.2, 0.25) is 11.1 Å². The highest BCUT2D eigenvalue weighted by molar-refractivity contribution is 7.09. The molecule has 0 amide bonds. The Morgan fingerprint density at radius 2 is 1.91 bits per heavy atom. The number of aromatic amines is 1. The Kier molecular flexibility index (Phi) is 4.01. The van der Waals surface area contributed by atoms with Gasteiger partial charge in [-0.3, -0.25) is 9.78 Å². The van der Waals surface area contributed by atoms with Gasteiger partial charge in [-0.2, -0.15) is 4.37 Å². The number of aromatic nitrogens is 4. The van der Waals surface area contributed by atoms with Crippen LogP contribution in [0, 0.1) is 6.92 Å². The summed E-state index contributed by atoms with van der Waals surface area (Å²) >= 11 is 1.34. The van der Waals surface area contributed by atoms with E-state index in [0.717, 1.165) is 17.0 Å². The van der Waals surface area contributed by atoms with E-state index in [9.17, 15) is 13.6 Å². The minimum absolute atomic E-state index is 0.191. The van der Waals surface area contributed by atoms with Gasteiger partial charge in [-0.15, -0.1) is 0 Å². The van der Waals surface area contributed by atoms with Gasteiger partial charge in [0.05, 0.1) is 0 Å². The Hall–Kier alpha value is -2.10.